The molecule has 1 aromatic heterocycles. The second kappa shape index (κ2) is 6.29. The number of aromatic nitrogens is 1. The van der Waals surface area contributed by atoms with Crippen LogP contribution in [0.2, 0.25) is 0 Å². The molecule has 4 nitrogen and oxygen atoms in total. The van der Waals surface area contributed by atoms with Gasteiger partial charge in [0.05, 0.1) is 18.8 Å². The Hall–Kier alpha value is -0.840. The Balaban J connectivity index is 1.67. The molecule has 3 rings (SSSR count). The number of aryl methyl sites for hydroxylation is 1. The van der Waals surface area contributed by atoms with Crippen LogP contribution < -0.4 is 0 Å². The van der Waals surface area contributed by atoms with Crippen molar-refractivity contribution in [3.8, 4) is 0 Å². The highest BCUT2D eigenvalue weighted by molar-refractivity contribution is 5.28. The van der Waals surface area contributed by atoms with Gasteiger partial charge in [-0.05, 0) is 31.4 Å². The van der Waals surface area contributed by atoms with Gasteiger partial charge in [0.25, 0.3) is 0 Å². The number of likely N-dealkylation sites (N-methyl/N-ethyl adjacent to an activating group) is 1. The molecule has 1 saturated heterocycles. The van der Waals surface area contributed by atoms with Crippen LogP contribution >= 0.6 is 0 Å². The number of fused-ring (bicyclic) bond motifs is 1. The van der Waals surface area contributed by atoms with Crippen LogP contribution in [0, 0.1) is 0 Å². The summed E-state index contributed by atoms with van der Waals surface area (Å²) in [5, 5.41) is 10.2. The van der Waals surface area contributed by atoms with E-state index in [0.29, 0.717) is 0 Å². The fraction of sp³-hybridized carbons (Fsp3) is 0.750. The van der Waals surface area contributed by atoms with Gasteiger partial charge in [0, 0.05) is 37.6 Å². The van der Waals surface area contributed by atoms with E-state index >= 15 is 0 Å². The molecule has 4 heteroatoms. The molecule has 1 fully saturated rings. The van der Waals surface area contributed by atoms with Gasteiger partial charge >= 0.3 is 0 Å². The zero-order valence-electron chi connectivity index (χ0n) is 12.4. The van der Waals surface area contributed by atoms with Crippen LogP contribution in [0.4, 0.5) is 0 Å². The van der Waals surface area contributed by atoms with E-state index in [1.807, 2.05) is 0 Å². The third kappa shape index (κ3) is 3.08. The summed E-state index contributed by atoms with van der Waals surface area (Å²) in [6.45, 7) is 7.10. The Morgan fingerprint density at radius 1 is 1.35 bits per heavy atom. The van der Waals surface area contributed by atoms with Crippen molar-refractivity contribution < 1.29 is 9.84 Å². The van der Waals surface area contributed by atoms with E-state index in [2.05, 4.69) is 28.8 Å². The molecule has 2 atom stereocenters. The minimum Gasteiger partial charge on any atom is -0.388 e. The van der Waals surface area contributed by atoms with E-state index < -0.39 is 0 Å². The minimum atomic E-state index is -0.270. The van der Waals surface area contributed by atoms with E-state index in [0.717, 1.165) is 57.6 Å². The Kier molecular flexibility index (Phi) is 4.44. The fourth-order valence-corrected chi connectivity index (χ4v) is 3.41. The first kappa shape index (κ1) is 14.1. The van der Waals surface area contributed by atoms with Gasteiger partial charge in [-0.15, -0.1) is 0 Å². The van der Waals surface area contributed by atoms with Crippen LogP contribution in [0.5, 0.6) is 0 Å². The summed E-state index contributed by atoms with van der Waals surface area (Å²) >= 11 is 0. The van der Waals surface area contributed by atoms with Gasteiger partial charge in [0.1, 0.15) is 0 Å². The van der Waals surface area contributed by atoms with Crippen LogP contribution in [0.1, 0.15) is 43.4 Å². The summed E-state index contributed by atoms with van der Waals surface area (Å²) in [4.78, 5) is 2.44. The Morgan fingerprint density at radius 3 is 3.10 bits per heavy atom. The van der Waals surface area contributed by atoms with Gasteiger partial charge in [0.2, 0.25) is 0 Å². The lowest BCUT2D eigenvalue weighted by Gasteiger charge is -2.32. The van der Waals surface area contributed by atoms with Crippen LogP contribution in [-0.2, 0) is 17.7 Å². The lowest BCUT2D eigenvalue weighted by atomic mass is 10.1. The molecule has 1 aliphatic heterocycles. The van der Waals surface area contributed by atoms with Crippen molar-refractivity contribution in [1.82, 2.24) is 9.47 Å². The maximum absolute atomic E-state index is 10.2. The molecule has 0 bridgehead atoms. The normalized spacial score (nSPS) is 28.1. The number of hydrogen-bond donors (Lipinski definition) is 1. The summed E-state index contributed by atoms with van der Waals surface area (Å²) in [7, 11) is 0. The second-order valence-corrected chi connectivity index (χ2v) is 6.08. The van der Waals surface area contributed by atoms with E-state index in [1.54, 1.807) is 0 Å². The SMILES string of the molecule is CCN1CCOC(Cn2cc3c(c2)C(O)CCCC3)C1. The van der Waals surface area contributed by atoms with Crippen LogP contribution in [0.25, 0.3) is 0 Å². The standard InChI is InChI=1S/C16H26N2O2/c1-2-17-7-8-20-14(10-17)11-18-9-13-5-3-4-6-16(19)15(13)12-18/h9,12,14,16,19H,2-8,10-11H2,1H3. The largest absolute Gasteiger partial charge is 0.388 e. The van der Waals surface area contributed by atoms with Crippen LogP contribution in [0.15, 0.2) is 12.4 Å². The molecule has 2 aliphatic rings. The Morgan fingerprint density at radius 2 is 2.25 bits per heavy atom. The van der Waals surface area contributed by atoms with E-state index in [4.69, 9.17) is 4.74 Å². The zero-order valence-corrected chi connectivity index (χ0v) is 12.4. The summed E-state index contributed by atoms with van der Waals surface area (Å²) < 4.78 is 8.10. The number of aliphatic hydroxyl groups is 1. The van der Waals surface area contributed by atoms with Crippen molar-refractivity contribution >= 4 is 0 Å². The highest BCUT2D eigenvalue weighted by Gasteiger charge is 2.22. The number of hydrogen-bond acceptors (Lipinski definition) is 3. The van der Waals surface area contributed by atoms with Crippen molar-refractivity contribution in [2.45, 2.75) is 51.4 Å². The summed E-state index contributed by atoms with van der Waals surface area (Å²) in [6, 6.07) is 0. The molecule has 0 amide bonds. The van der Waals surface area contributed by atoms with E-state index in [-0.39, 0.29) is 12.2 Å². The number of rotatable bonds is 3. The average molecular weight is 278 g/mol. The zero-order chi connectivity index (χ0) is 13.9. The molecule has 2 heterocycles. The number of ether oxygens (including phenoxy) is 1. The van der Waals surface area contributed by atoms with Gasteiger partial charge in [-0.25, -0.2) is 0 Å². The molecule has 1 N–H and O–H groups in total. The van der Waals surface area contributed by atoms with E-state index in [9.17, 15) is 5.11 Å². The van der Waals surface area contributed by atoms with Crippen LogP contribution in [-0.4, -0.2) is 46.9 Å². The topological polar surface area (TPSA) is 37.6 Å². The highest BCUT2D eigenvalue weighted by atomic mass is 16.5. The fourth-order valence-electron chi connectivity index (χ4n) is 3.41. The van der Waals surface area contributed by atoms with Gasteiger partial charge in [-0.2, -0.15) is 0 Å². The molecule has 1 aromatic rings. The van der Waals surface area contributed by atoms with Crippen molar-refractivity contribution in [1.29, 1.82) is 0 Å². The van der Waals surface area contributed by atoms with Crippen molar-refractivity contribution in [2.75, 3.05) is 26.2 Å². The molecule has 112 valence electrons. The monoisotopic (exact) mass is 278 g/mol. The smallest absolute Gasteiger partial charge is 0.0880 e. The molecule has 20 heavy (non-hydrogen) atoms. The first-order valence-electron chi connectivity index (χ1n) is 7.97. The number of aliphatic hydroxyl groups excluding tert-OH is 1. The van der Waals surface area contributed by atoms with Crippen molar-refractivity contribution in [3.63, 3.8) is 0 Å². The van der Waals surface area contributed by atoms with Gasteiger partial charge in [-0.1, -0.05) is 13.3 Å². The molecule has 0 aromatic carbocycles. The lowest BCUT2D eigenvalue weighted by molar-refractivity contribution is -0.0343. The van der Waals surface area contributed by atoms with Crippen molar-refractivity contribution in [3.05, 3.63) is 23.5 Å². The average Bonchev–Trinajstić information content (AvgIpc) is 2.78. The first-order valence-corrected chi connectivity index (χ1v) is 7.97. The number of morpholine rings is 1. The predicted octanol–water partition coefficient (Wildman–Crippen LogP) is 1.97. The maximum Gasteiger partial charge on any atom is 0.0880 e. The summed E-state index contributed by atoms with van der Waals surface area (Å²) in [5.74, 6) is 0. The lowest BCUT2D eigenvalue weighted by Crippen LogP contribution is -2.43. The molecule has 1 aliphatic carbocycles. The summed E-state index contributed by atoms with van der Waals surface area (Å²) in [5.41, 5.74) is 2.48. The van der Waals surface area contributed by atoms with Crippen molar-refractivity contribution in [2.24, 2.45) is 0 Å². The third-order valence-electron chi connectivity index (χ3n) is 4.61. The molecule has 0 saturated carbocycles. The molecule has 0 spiro atoms. The highest BCUT2D eigenvalue weighted by Crippen LogP contribution is 2.29. The molecule has 2 unspecified atom stereocenters. The second-order valence-electron chi connectivity index (χ2n) is 6.08. The minimum absolute atomic E-state index is 0.270. The Labute approximate surface area is 121 Å². The van der Waals surface area contributed by atoms with E-state index in [1.165, 1.54) is 12.0 Å². The Bertz CT molecular complexity index is 444. The first-order chi connectivity index (χ1) is 9.76. The van der Waals surface area contributed by atoms with Crippen LogP contribution in [0.3, 0.4) is 0 Å². The predicted molar refractivity (Wildman–Crippen MR) is 78.8 cm³/mol. The van der Waals surface area contributed by atoms with Gasteiger partial charge < -0.3 is 14.4 Å². The summed E-state index contributed by atoms with van der Waals surface area (Å²) in [6.07, 6.45) is 8.69. The van der Waals surface area contributed by atoms with Gasteiger partial charge in [0.15, 0.2) is 0 Å². The van der Waals surface area contributed by atoms with Gasteiger partial charge in [-0.3, -0.25) is 4.90 Å². The molecule has 0 radical (unpaired) electrons. The molecular formula is C16H26N2O2. The third-order valence-corrected chi connectivity index (χ3v) is 4.61. The quantitative estimate of drug-likeness (QED) is 0.859. The number of nitrogens with zero attached hydrogens (tertiary/aromatic N) is 2. The molecular weight excluding hydrogens is 252 g/mol. The maximum atomic E-state index is 10.2.